The maximum atomic E-state index is 15.1. The molecule has 0 radical (unpaired) electrons. The Kier molecular flexibility index (Phi) is 6.24. The normalized spacial score (nSPS) is 12.9. The second-order valence-electron chi connectivity index (χ2n) is 9.67. The van der Waals surface area contributed by atoms with Gasteiger partial charge in [-0.1, -0.05) is 18.2 Å². The zero-order chi connectivity index (χ0) is 28.0. The molecule has 1 aliphatic rings. The van der Waals surface area contributed by atoms with Crippen LogP contribution >= 0.6 is 0 Å². The van der Waals surface area contributed by atoms with E-state index in [-0.39, 0.29) is 23.1 Å². The van der Waals surface area contributed by atoms with Crippen LogP contribution in [0.4, 0.5) is 22.0 Å². The molecule has 1 saturated carbocycles. The summed E-state index contributed by atoms with van der Waals surface area (Å²) in [5.41, 5.74) is 8.61. The number of aliphatic hydroxyl groups is 1. The molecule has 0 saturated heterocycles. The molecule has 0 amide bonds. The molecule has 0 atom stereocenters. The smallest absolute Gasteiger partial charge is 0.265 e. The molecule has 0 spiro atoms. The quantitative estimate of drug-likeness (QED) is 0.278. The minimum atomic E-state index is -0.558. The lowest BCUT2D eigenvalue weighted by molar-refractivity contribution is 0.282. The highest BCUT2D eigenvalue weighted by molar-refractivity contribution is 5.83. The number of aryl methyl sites for hydroxylation is 1. The summed E-state index contributed by atoms with van der Waals surface area (Å²) in [5.74, 6) is 0.0500. The van der Waals surface area contributed by atoms with E-state index in [9.17, 15) is 15.2 Å². The zero-order valence-electron chi connectivity index (χ0n) is 21.6. The Balaban J connectivity index is 1.43. The molecule has 4 N–H and O–H groups in total. The highest BCUT2D eigenvalue weighted by Gasteiger charge is 2.25. The van der Waals surface area contributed by atoms with Gasteiger partial charge in [0, 0.05) is 30.1 Å². The Morgan fingerprint density at radius 1 is 1.20 bits per heavy atom. The second-order valence-corrected chi connectivity index (χ2v) is 9.67. The van der Waals surface area contributed by atoms with E-state index >= 15 is 4.39 Å². The summed E-state index contributed by atoms with van der Waals surface area (Å²) in [4.78, 5) is 26.4. The first-order chi connectivity index (χ1) is 19.4. The monoisotopic (exact) mass is 536 g/mol. The number of benzene rings is 2. The highest BCUT2D eigenvalue weighted by atomic mass is 19.1. The van der Waals surface area contributed by atoms with Crippen molar-refractivity contribution in [1.82, 2.24) is 24.1 Å². The minimum Gasteiger partial charge on any atom is -0.392 e. The van der Waals surface area contributed by atoms with E-state index < -0.39 is 18.0 Å². The molecular weight excluding hydrogens is 511 g/mol. The van der Waals surface area contributed by atoms with Crippen LogP contribution in [-0.2, 0) is 13.2 Å². The van der Waals surface area contributed by atoms with E-state index in [1.807, 2.05) is 13.0 Å². The molecule has 5 aromatic rings. The maximum Gasteiger partial charge on any atom is 0.265 e. The zero-order valence-corrected chi connectivity index (χ0v) is 21.6. The van der Waals surface area contributed by atoms with Crippen molar-refractivity contribution in [3.63, 3.8) is 0 Å². The molecule has 1 fully saturated rings. The minimum absolute atomic E-state index is 0.00663. The van der Waals surface area contributed by atoms with Crippen LogP contribution in [0.25, 0.3) is 27.8 Å². The van der Waals surface area contributed by atoms with Gasteiger partial charge < -0.3 is 20.7 Å². The Labute approximate surface area is 228 Å². The summed E-state index contributed by atoms with van der Waals surface area (Å²) in [6.07, 6.45) is 5.40. The summed E-state index contributed by atoms with van der Waals surface area (Å²) in [7, 11) is 0. The van der Waals surface area contributed by atoms with Crippen molar-refractivity contribution in [2.24, 2.45) is 0 Å². The lowest BCUT2D eigenvalue weighted by atomic mass is 10.0. The Hall–Kier alpha value is -5.08. The number of hydrogen-bond donors (Lipinski definition) is 3. The number of aliphatic hydroxyl groups excluding tert-OH is 1. The van der Waals surface area contributed by atoms with Crippen LogP contribution in [0.1, 0.15) is 42.5 Å². The molecule has 40 heavy (non-hydrogen) atoms. The summed E-state index contributed by atoms with van der Waals surface area (Å²) in [6, 6.07) is 13.9. The van der Waals surface area contributed by atoms with Gasteiger partial charge in [0.15, 0.2) is 5.82 Å². The lowest BCUT2D eigenvalue weighted by Gasteiger charge is -2.16. The number of aromatic nitrogens is 5. The molecule has 1 aliphatic carbocycles. The topological polar surface area (TPSA) is 148 Å². The first-order valence-electron chi connectivity index (χ1n) is 12.9. The Morgan fingerprint density at radius 2 is 2.02 bits per heavy atom. The molecule has 10 nitrogen and oxygen atoms in total. The van der Waals surface area contributed by atoms with E-state index in [1.54, 1.807) is 47.3 Å². The molecule has 3 heterocycles. The predicted octanol–water partition coefficient (Wildman–Crippen LogP) is 4.37. The van der Waals surface area contributed by atoms with Crippen molar-refractivity contribution in [2.75, 3.05) is 11.1 Å². The third-order valence-electron chi connectivity index (χ3n) is 7.10. The van der Waals surface area contributed by atoms with Gasteiger partial charge in [-0.15, -0.1) is 0 Å². The average Bonchev–Trinajstić information content (AvgIpc) is 3.73. The first-order valence-corrected chi connectivity index (χ1v) is 12.9. The number of rotatable bonds is 7. The number of anilines is 3. The molecule has 6 rings (SSSR count). The third kappa shape index (κ3) is 4.44. The van der Waals surface area contributed by atoms with E-state index in [2.05, 4.69) is 26.3 Å². The van der Waals surface area contributed by atoms with Crippen molar-refractivity contribution < 1.29 is 9.50 Å². The highest BCUT2D eigenvalue weighted by Crippen LogP contribution is 2.41. The summed E-state index contributed by atoms with van der Waals surface area (Å²) in [5, 5.41) is 23.3. The van der Waals surface area contributed by atoms with E-state index in [0.717, 1.165) is 18.4 Å². The Morgan fingerprint density at radius 3 is 2.73 bits per heavy atom. The summed E-state index contributed by atoms with van der Waals surface area (Å²) in [6.45, 7) is 2.09. The van der Waals surface area contributed by atoms with Crippen LogP contribution in [0.2, 0.25) is 0 Å². The SMILES string of the molecule is CCn1cc(Nc2nc(N)nc(-c3cccc(-n4ccc5cc(C6CC6)cc(F)c5c4=O)c3CO)n2)cc1C#N. The fraction of sp³-hybridized carbons (Fsp3) is 0.207. The Bertz CT molecular complexity index is 1880. The van der Waals surface area contributed by atoms with Gasteiger partial charge in [-0.3, -0.25) is 9.36 Å². The van der Waals surface area contributed by atoms with Gasteiger partial charge in [0.05, 0.1) is 23.4 Å². The van der Waals surface area contributed by atoms with E-state index in [4.69, 9.17) is 5.73 Å². The third-order valence-corrected chi connectivity index (χ3v) is 7.10. The largest absolute Gasteiger partial charge is 0.392 e. The number of nitrogens with zero attached hydrogens (tertiary/aromatic N) is 6. The number of fused-ring (bicyclic) bond motifs is 1. The van der Waals surface area contributed by atoms with Crippen LogP contribution in [0.5, 0.6) is 0 Å². The predicted molar refractivity (Wildman–Crippen MR) is 149 cm³/mol. The fourth-order valence-corrected chi connectivity index (χ4v) is 5.00. The number of hydrogen-bond acceptors (Lipinski definition) is 8. The molecular formula is C29H25FN8O2. The van der Waals surface area contributed by atoms with Gasteiger partial charge in [-0.2, -0.15) is 20.2 Å². The lowest BCUT2D eigenvalue weighted by Crippen LogP contribution is -2.20. The molecule has 0 unspecified atom stereocenters. The number of pyridine rings is 1. The standard InChI is InChI=1S/C29H25FN8O2/c1-2-37-14-19(12-20(37)13-31)33-29-35-26(34-28(32)36-29)21-4-3-5-24(22(21)15-39)38-9-8-17-10-18(16-6-7-16)11-23(30)25(17)27(38)40/h3-5,8-12,14,16,39H,2,6-7,15H2,1H3,(H3,32,33,34,35,36). The van der Waals surface area contributed by atoms with Gasteiger partial charge in [0.25, 0.3) is 5.56 Å². The maximum absolute atomic E-state index is 15.1. The summed E-state index contributed by atoms with van der Waals surface area (Å²) < 4.78 is 18.2. The van der Waals surface area contributed by atoms with Crippen LogP contribution in [0, 0.1) is 17.1 Å². The van der Waals surface area contributed by atoms with Crippen molar-refractivity contribution in [3.05, 3.63) is 87.9 Å². The van der Waals surface area contributed by atoms with Crippen molar-refractivity contribution in [2.45, 2.75) is 38.8 Å². The van der Waals surface area contributed by atoms with Gasteiger partial charge in [-0.25, -0.2) is 4.39 Å². The van der Waals surface area contributed by atoms with Crippen LogP contribution in [0.3, 0.4) is 0 Å². The van der Waals surface area contributed by atoms with Crippen LogP contribution in [0.15, 0.2) is 59.7 Å². The van der Waals surface area contributed by atoms with Crippen LogP contribution < -0.4 is 16.6 Å². The van der Waals surface area contributed by atoms with E-state index in [0.29, 0.717) is 46.0 Å². The van der Waals surface area contributed by atoms with Crippen molar-refractivity contribution in [1.29, 1.82) is 5.26 Å². The number of halogens is 1. The number of nitrogens with two attached hydrogens (primary N) is 1. The van der Waals surface area contributed by atoms with Gasteiger partial charge in [0.1, 0.15) is 17.6 Å². The van der Waals surface area contributed by atoms with Crippen molar-refractivity contribution in [3.8, 4) is 23.1 Å². The molecule has 2 aromatic carbocycles. The fourth-order valence-electron chi connectivity index (χ4n) is 5.00. The van der Waals surface area contributed by atoms with Gasteiger partial charge >= 0.3 is 0 Å². The molecule has 0 bridgehead atoms. The van der Waals surface area contributed by atoms with Crippen molar-refractivity contribution >= 4 is 28.4 Å². The molecule has 3 aromatic heterocycles. The summed E-state index contributed by atoms with van der Waals surface area (Å²) >= 11 is 0. The molecule has 0 aliphatic heterocycles. The first kappa shape index (κ1) is 25.2. The number of nitrogen functional groups attached to an aromatic ring is 1. The van der Waals surface area contributed by atoms with Gasteiger partial charge in [0.2, 0.25) is 11.9 Å². The molecule has 200 valence electrons. The average molecular weight is 537 g/mol. The second kappa shape index (κ2) is 9.91. The van der Waals surface area contributed by atoms with Crippen LogP contribution in [-0.4, -0.2) is 29.2 Å². The van der Waals surface area contributed by atoms with E-state index in [1.165, 1.54) is 10.6 Å². The van der Waals surface area contributed by atoms with Gasteiger partial charge in [-0.05, 0) is 60.9 Å². The number of nitrogens with one attached hydrogen (secondary N) is 1. The molecule has 11 heteroatoms. The number of nitriles is 1.